The van der Waals surface area contributed by atoms with Crippen LogP contribution in [0.2, 0.25) is 0 Å². The van der Waals surface area contributed by atoms with E-state index in [1.54, 1.807) is 19.1 Å². The highest BCUT2D eigenvalue weighted by Crippen LogP contribution is 2.29. The second-order valence-electron chi connectivity index (χ2n) is 5.53. The van der Waals surface area contributed by atoms with E-state index in [1.807, 2.05) is 0 Å². The van der Waals surface area contributed by atoms with Gasteiger partial charge >= 0.3 is 5.97 Å². The van der Waals surface area contributed by atoms with E-state index in [-0.39, 0.29) is 7.43 Å². The van der Waals surface area contributed by atoms with Gasteiger partial charge in [-0.2, -0.15) is 0 Å². The van der Waals surface area contributed by atoms with Gasteiger partial charge in [-0.05, 0) is 31.8 Å². The molecule has 1 aliphatic rings. The summed E-state index contributed by atoms with van der Waals surface area (Å²) in [4.78, 5) is 23.0. The van der Waals surface area contributed by atoms with Crippen molar-refractivity contribution in [2.45, 2.75) is 59.3 Å². The molecule has 3 heteroatoms. The molecule has 0 atom stereocenters. The number of allylic oxidation sites excluding steroid dienone is 3. The van der Waals surface area contributed by atoms with Crippen LogP contribution < -0.4 is 0 Å². The highest BCUT2D eigenvalue weighted by molar-refractivity contribution is 6.02. The van der Waals surface area contributed by atoms with Crippen LogP contribution in [0.25, 0.3) is 0 Å². The molecule has 0 aliphatic heterocycles. The minimum absolute atomic E-state index is 0. The maximum atomic E-state index is 11.7. The third-order valence-electron chi connectivity index (χ3n) is 4.10. The van der Waals surface area contributed by atoms with Crippen LogP contribution >= 0.6 is 0 Å². The average molecular weight is 306 g/mol. The molecule has 0 aromatic rings. The molecule has 1 rings (SSSR count). The molecule has 3 nitrogen and oxygen atoms in total. The first kappa shape index (κ1) is 20.4. The van der Waals surface area contributed by atoms with Crippen LogP contribution in [0.15, 0.2) is 35.5 Å². The Morgan fingerprint density at radius 1 is 1.14 bits per heavy atom. The molecule has 0 spiro atoms. The van der Waals surface area contributed by atoms with Crippen LogP contribution in [0.5, 0.6) is 0 Å². The zero-order chi connectivity index (χ0) is 15.7. The van der Waals surface area contributed by atoms with Crippen LogP contribution in [-0.4, -0.2) is 19.4 Å². The lowest BCUT2D eigenvalue weighted by molar-refractivity contribution is -0.136. The standard InChI is InChI=1S/C18H26O3.CH4/c1-4-17(18(20)21-3)16(13-19)12-14(2)15-10-8-6-5-7-9-11-15;/h4,12-13,15H,2,5-11H2,1,3H3;1H4/b16-12-,17-4+;. The monoisotopic (exact) mass is 306 g/mol. The first-order valence-corrected chi connectivity index (χ1v) is 7.74. The summed E-state index contributed by atoms with van der Waals surface area (Å²) in [6, 6.07) is 0. The van der Waals surface area contributed by atoms with Crippen molar-refractivity contribution in [3.05, 3.63) is 35.5 Å². The van der Waals surface area contributed by atoms with Crippen LogP contribution in [0.3, 0.4) is 0 Å². The SMILES string of the molecule is C.C=C(/C=C(C=O)\C(=C/C)C(=O)OC)C1CCCCCCC1. The third-order valence-corrected chi connectivity index (χ3v) is 4.10. The van der Waals surface area contributed by atoms with Gasteiger partial charge in [-0.3, -0.25) is 4.79 Å². The molecule has 0 saturated heterocycles. The Kier molecular flexibility index (Phi) is 10.2. The summed E-state index contributed by atoms with van der Waals surface area (Å²) in [7, 11) is 1.32. The lowest BCUT2D eigenvalue weighted by Gasteiger charge is -2.20. The fraction of sp³-hybridized carbons (Fsp3) is 0.579. The number of esters is 1. The predicted octanol–water partition coefficient (Wildman–Crippen LogP) is 4.78. The molecule has 0 radical (unpaired) electrons. The van der Waals surface area contributed by atoms with Crippen molar-refractivity contribution in [1.29, 1.82) is 0 Å². The number of carbonyl (C=O) groups is 2. The summed E-state index contributed by atoms with van der Waals surface area (Å²) in [6.07, 6.45) is 12.6. The van der Waals surface area contributed by atoms with Crippen molar-refractivity contribution >= 4 is 12.3 Å². The summed E-state index contributed by atoms with van der Waals surface area (Å²) >= 11 is 0. The van der Waals surface area contributed by atoms with Gasteiger partial charge in [-0.15, -0.1) is 0 Å². The van der Waals surface area contributed by atoms with E-state index in [2.05, 4.69) is 6.58 Å². The van der Waals surface area contributed by atoms with Crippen LogP contribution in [0.4, 0.5) is 0 Å². The van der Waals surface area contributed by atoms with Gasteiger partial charge in [0.25, 0.3) is 0 Å². The van der Waals surface area contributed by atoms with Crippen LogP contribution in [0, 0.1) is 5.92 Å². The summed E-state index contributed by atoms with van der Waals surface area (Å²) in [5, 5.41) is 0. The predicted molar refractivity (Wildman–Crippen MR) is 91.6 cm³/mol. The van der Waals surface area contributed by atoms with E-state index in [0.717, 1.165) is 18.4 Å². The van der Waals surface area contributed by atoms with Gasteiger partial charge in [0.05, 0.1) is 12.7 Å². The zero-order valence-corrected chi connectivity index (χ0v) is 13.2. The topological polar surface area (TPSA) is 43.4 Å². The second-order valence-corrected chi connectivity index (χ2v) is 5.53. The Balaban J connectivity index is 0.00000441. The second kappa shape index (κ2) is 11.0. The van der Waals surface area contributed by atoms with Gasteiger partial charge in [0.15, 0.2) is 6.29 Å². The number of hydrogen-bond acceptors (Lipinski definition) is 3. The van der Waals surface area contributed by atoms with E-state index in [1.165, 1.54) is 39.2 Å². The van der Waals surface area contributed by atoms with Gasteiger partial charge in [-0.1, -0.05) is 57.8 Å². The molecule has 1 aliphatic carbocycles. The Hall–Kier alpha value is -1.64. The first-order valence-electron chi connectivity index (χ1n) is 7.74. The quantitative estimate of drug-likeness (QED) is 0.317. The van der Waals surface area contributed by atoms with Gasteiger partial charge in [-0.25, -0.2) is 4.79 Å². The number of rotatable bonds is 5. The minimum Gasteiger partial charge on any atom is -0.465 e. The Morgan fingerprint density at radius 3 is 2.14 bits per heavy atom. The molecule has 0 bridgehead atoms. The van der Waals surface area contributed by atoms with Gasteiger partial charge in [0.2, 0.25) is 0 Å². The van der Waals surface area contributed by atoms with Crippen molar-refractivity contribution in [3.8, 4) is 0 Å². The van der Waals surface area contributed by atoms with Gasteiger partial charge in [0.1, 0.15) is 0 Å². The Bertz CT molecular complexity index is 436. The van der Waals surface area contributed by atoms with E-state index in [9.17, 15) is 9.59 Å². The molecule has 0 aromatic carbocycles. The molecule has 22 heavy (non-hydrogen) atoms. The number of methoxy groups -OCH3 is 1. The lowest BCUT2D eigenvalue weighted by atomic mass is 9.85. The maximum absolute atomic E-state index is 11.7. The van der Waals surface area contributed by atoms with Crippen LogP contribution in [-0.2, 0) is 14.3 Å². The van der Waals surface area contributed by atoms with Crippen molar-refractivity contribution < 1.29 is 14.3 Å². The molecule has 0 heterocycles. The van der Waals surface area contributed by atoms with E-state index in [0.29, 0.717) is 23.4 Å². The van der Waals surface area contributed by atoms with Crippen molar-refractivity contribution in [3.63, 3.8) is 0 Å². The number of ether oxygens (including phenoxy) is 1. The fourth-order valence-corrected chi connectivity index (χ4v) is 2.83. The number of carbonyl (C=O) groups excluding carboxylic acids is 2. The van der Waals surface area contributed by atoms with Crippen molar-refractivity contribution in [1.82, 2.24) is 0 Å². The third kappa shape index (κ3) is 6.00. The normalized spacial score (nSPS) is 17.7. The summed E-state index contributed by atoms with van der Waals surface area (Å²) in [5.41, 5.74) is 1.61. The summed E-state index contributed by atoms with van der Waals surface area (Å²) < 4.78 is 4.71. The van der Waals surface area contributed by atoms with Gasteiger partial charge in [0, 0.05) is 5.57 Å². The molecular formula is C19H30O3. The smallest absolute Gasteiger partial charge is 0.338 e. The van der Waals surface area contributed by atoms with E-state index < -0.39 is 5.97 Å². The fourth-order valence-electron chi connectivity index (χ4n) is 2.83. The first-order chi connectivity index (χ1) is 10.1. The molecule has 0 unspecified atom stereocenters. The summed E-state index contributed by atoms with van der Waals surface area (Å²) in [5.74, 6) is -0.0719. The largest absolute Gasteiger partial charge is 0.465 e. The van der Waals surface area contributed by atoms with E-state index >= 15 is 0 Å². The molecule has 1 saturated carbocycles. The van der Waals surface area contributed by atoms with Crippen molar-refractivity contribution in [2.75, 3.05) is 7.11 Å². The average Bonchev–Trinajstić information content (AvgIpc) is 2.45. The molecule has 0 aromatic heterocycles. The molecular weight excluding hydrogens is 276 g/mol. The highest BCUT2D eigenvalue weighted by Gasteiger charge is 2.17. The van der Waals surface area contributed by atoms with Crippen molar-refractivity contribution in [2.24, 2.45) is 5.92 Å². The van der Waals surface area contributed by atoms with E-state index in [4.69, 9.17) is 4.74 Å². The Morgan fingerprint density at radius 2 is 1.68 bits per heavy atom. The minimum atomic E-state index is -0.485. The molecule has 1 fully saturated rings. The lowest BCUT2D eigenvalue weighted by Crippen LogP contribution is -2.10. The Labute approximate surface area is 135 Å². The molecule has 0 amide bonds. The number of hydrogen-bond donors (Lipinski definition) is 0. The maximum Gasteiger partial charge on any atom is 0.338 e. The number of aldehydes is 1. The van der Waals surface area contributed by atoms with Gasteiger partial charge < -0.3 is 4.74 Å². The highest BCUT2D eigenvalue weighted by atomic mass is 16.5. The zero-order valence-electron chi connectivity index (χ0n) is 13.2. The van der Waals surface area contributed by atoms with Crippen LogP contribution in [0.1, 0.15) is 59.3 Å². The molecule has 124 valence electrons. The molecule has 0 N–H and O–H groups in total. The summed E-state index contributed by atoms with van der Waals surface area (Å²) in [6.45, 7) is 5.85.